The van der Waals surface area contributed by atoms with Crippen LogP contribution in [0.3, 0.4) is 0 Å². The molecule has 0 atom stereocenters. The lowest BCUT2D eigenvalue weighted by Crippen LogP contribution is -2.32. The maximum atomic E-state index is 8.44. The summed E-state index contributed by atoms with van der Waals surface area (Å²) in [6.07, 6.45) is 0. The summed E-state index contributed by atoms with van der Waals surface area (Å²) in [4.78, 5) is 0. The molecule has 0 radical (unpaired) electrons. The van der Waals surface area contributed by atoms with E-state index in [1.807, 2.05) is 0 Å². The zero-order chi connectivity index (χ0) is 11.9. The third-order valence-electron chi connectivity index (χ3n) is 1.83. The summed E-state index contributed by atoms with van der Waals surface area (Å²) in [6.45, 7) is 6.47. The molecule has 0 aliphatic carbocycles. The van der Waals surface area contributed by atoms with Crippen LogP contribution >= 0.6 is 0 Å². The molecule has 0 saturated heterocycles. The van der Waals surface area contributed by atoms with Crippen LogP contribution in [0.1, 0.15) is 0 Å². The molecule has 0 bridgehead atoms. The molecular formula is C10H25N3O3. The normalized spacial score (nSPS) is 10.9. The van der Waals surface area contributed by atoms with Gasteiger partial charge in [-0.2, -0.15) is 0 Å². The first-order valence-corrected chi connectivity index (χ1v) is 5.79. The van der Waals surface area contributed by atoms with Crippen LogP contribution in [0.4, 0.5) is 0 Å². The molecule has 0 aromatic rings. The van der Waals surface area contributed by atoms with Crippen molar-refractivity contribution in [2.75, 3.05) is 65.8 Å². The number of nitrogens with one attached hydrogen (secondary N) is 2. The number of nitrogens with two attached hydrogens (primary N) is 1. The lowest BCUT2D eigenvalue weighted by Gasteiger charge is -2.07. The Labute approximate surface area is 97.5 Å². The topological polar surface area (TPSA) is 88.8 Å². The largest absolute Gasteiger partial charge is 0.394 e. The van der Waals surface area contributed by atoms with E-state index in [9.17, 15) is 0 Å². The van der Waals surface area contributed by atoms with Crippen LogP contribution in [0.15, 0.2) is 0 Å². The molecule has 6 heteroatoms. The highest BCUT2D eigenvalue weighted by Gasteiger charge is 1.90. The Kier molecular flexibility index (Phi) is 14.5. The van der Waals surface area contributed by atoms with Gasteiger partial charge in [-0.15, -0.1) is 0 Å². The summed E-state index contributed by atoms with van der Waals surface area (Å²) in [7, 11) is 0. The lowest BCUT2D eigenvalue weighted by atomic mass is 10.5. The summed E-state index contributed by atoms with van der Waals surface area (Å²) < 4.78 is 10.3. The molecule has 98 valence electrons. The Hall–Kier alpha value is -0.240. The predicted octanol–water partition coefficient (Wildman–Crippen LogP) is -1.85. The van der Waals surface area contributed by atoms with Gasteiger partial charge in [0.2, 0.25) is 0 Å². The standard InChI is InChI=1S/C10H25N3O3/c11-1-2-12-3-4-13-5-7-15-9-10-16-8-6-14/h12-14H,1-11H2. The van der Waals surface area contributed by atoms with Gasteiger partial charge in [0.05, 0.1) is 33.0 Å². The lowest BCUT2D eigenvalue weighted by molar-refractivity contribution is 0.0341. The Morgan fingerprint density at radius 3 is 2.06 bits per heavy atom. The van der Waals surface area contributed by atoms with Gasteiger partial charge >= 0.3 is 0 Å². The van der Waals surface area contributed by atoms with Gasteiger partial charge in [0, 0.05) is 32.7 Å². The molecule has 0 unspecified atom stereocenters. The first-order valence-electron chi connectivity index (χ1n) is 5.79. The van der Waals surface area contributed by atoms with Crippen molar-refractivity contribution in [2.45, 2.75) is 0 Å². The Balaban J connectivity index is 2.83. The maximum absolute atomic E-state index is 8.44. The van der Waals surface area contributed by atoms with E-state index >= 15 is 0 Å². The number of hydrogen-bond acceptors (Lipinski definition) is 6. The highest BCUT2D eigenvalue weighted by Crippen LogP contribution is 1.77. The van der Waals surface area contributed by atoms with Crippen molar-refractivity contribution in [3.8, 4) is 0 Å². The van der Waals surface area contributed by atoms with Crippen LogP contribution in [0.5, 0.6) is 0 Å². The third kappa shape index (κ3) is 13.8. The Morgan fingerprint density at radius 2 is 1.44 bits per heavy atom. The van der Waals surface area contributed by atoms with E-state index < -0.39 is 0 Å². The monoisotopic (exact) mass is 235 g/mol. The molecule has 0 spiro atoms. The van der Waals surface area contributed by atoms with E-state index in [0.29, 0.717) is 33.0 Å². The van der Waals surface area contributed by atoms with Gasteiger partial charge in [-0.1, -0.05) is 0 Å². The minimum Gasteiger partial charge on any atom is -0.394 e. The van der Waals surface area contributed by atoms with Crippen LogP contribution in [0.2, 0.25) is 0 Å². The van der Waals surface area contributed by atoms with Gasteiger partial charge in [-0.05, 0) is 0 Å². The SMILES string of the molecule is NCCNCCNCCOCCOCCO. The minimum absolute atomic E-state index is 0.0668. The molecule has 5 N–H and O–H groups in total. The van der Waals surface area contributed by atoms with Gasteiger partial charge in [0.15, 0.2) is 0 Å². The van der Waals surface area contributed by atoms with Crippen molar-refractivity contribution in [1.82, 2.24) is 10.6 Å². The molecule has 0 fully saturated rings. The molecule has 0 amide bonds. The van der Waals surface area contributed by atoms with Crippen molar-refractivity contribution >= 4 is 0 Å². The number of aliphatic hydroxyl groups is 1. The van der Waals surface area contributed by atoms with Gasteiger partial charge in [0.1, 0.15) is 0 Å². The fourth-order valence-electron chi connectivity index (χ4n) is 1.06. The van der Waals surface area contributed by atoms with Gasteiger partial charge in [0.25, 0.3) is 0 Å². The highest BCUT2D eigenvalue weighted by atomic mass is 16.5. The number of hydrogen-bond donors (Lipinski definition) is 4. The van der Waals surface area contributed by atoms with E-state index in [1.54, 1.807) is 0 Å². The van der Waals surface area contributed by atoms with Crippen molar-refractivity contribution < 1.29 is 14.6 Å². The van der Waals surface area contributed by atoms with Crippen LogP contribution < -0.4 is 16.4 Å². The van der Waals surface area contributed by atoms with Gasteiger partial charge in [-0.25, -0.2) is 0 Å². The molecule has 0 rings (SSSR count). The second kappa shape index (κ2) is 14.8. The number of aliphatic hydroxyl groups excluding tert-OH is 1. The van der Waals surface area contributed by atoms with Crippen molar-refractivity contribution in [1.29, 1.82) is 0 Å². The molecule has 0 heterocycles. The van der Waals surface area contributed by atoms with E-state index in [-0.39, 0.29) is 6.61 Å². The Bertz CT molecular complexity index is 114. The van der Waals surface area contributed by atoms with Crippen LogP contribution in [-0.2, 0) is 9.47 Å². The fraction of sp³-hybridized carbons (Fsp3) is 1.00. The van der Waals surface area contributed by atoms with Crippen LogP contribution in [0.25, 0.3) is 0 Å². The fourth-order valence-corrected chi connectivity index (χ4v) is 1.06. The highest BCUT2D eigenvalue weighted by molar-refractivity contribution is 4.51. The zero-order valence-electron chi connectivity index (χ0n) is 9.91. The molecule has 0 aliphatic rings. The second-order valence-corrected chi connectivity index (χ2v) is 3.24. The summed E-state index contributed by atoms with van der Waals surface area (Å²) >= 11 is 0. The second-order valence-electron chi connectivity index (χ2n) is 3.24. The van der Waals surface area contributed by atoms with Gasteiger partial charge in [-0.3, -0.25) is 0 Å². The van der Waals surface area contributed by atoms with E-state index in [4.69, 9.17) is 20.3 Å². The smallest absolute Gasteiger partial charge is 0.0701 e. The molecule has 0 aliphatic heterocycles. The summed E-state index contributed by atoms with van der Waals surface area (Å²) in [6, 6.07) is 0. The molecule has 0 aromatic carbocycles. The average molecular weight is 235 g/mol. The van der Waals surface area contributed by atoms with E-state index in [1.165, 1.54) is 0 Å². The van der Waals surface area contributed by atoms with Crippen molar-refractivity contribution in [3.05, 3.63) is 0 Å². The van der Waals surface area contributed by atoms with E-state index in [2.05, 4.69) is 10.6 Å². The number of rotatable bonds is 13. The summed E-state index contributed by atoms with van der Waals surface area (Å²) in [5.41, 5.74) is 5.33. The summed E-state index contributed by atoms with van der Waals surface area (Å²) in [5, 5.41) is 14.9. The quantitative estimate of drug-likeness (QED) is 0.280. The number of ether oxygens (including phenoxy) is 2. The van der Waals surface area contributed by atoms with Gasteiger partial charge < -0.3 is 30.9 Å². The third-order valence-corrected chi connectivity index (χ3v) is 1.83. The summed E-state index contributed by atoms with van der Waals surface area (Å²) in [5.74, 6) is 0. The first kappa shape index (κ1) is 15.8. The molecule has 6 nitrogen and oxygen atoms in total. The van der Waals surface area contributed by atoms with Crippen molar-refractivity contribution in [3.63, 3.8) is 0 Å². The predicted molar refractivity (Wildman–Crippen MR) is 63.5 cm³/mol. The molecule has 0 saturated carbocycles. The minimum atomic E-state index is 0.0668. The maximum Gasteiger partial charge on any atom is 0.0701 e. The molecule has 16 heavy (non-hydrogen) atoms. The molecule has 0 aromatic heterocycles. The molecular weight excluding hydrogens is 210 g/mol. The van der Waals surface area contributed by atoms with Crippen LogP contribution in [-0.4, -0.2) is 70.9 Å². The first-order chi connectivity index (χ1) is 7.91. The average Bonchev–Trinajstić information content (AvgIpc) is 2.31. The van der Waals surface area contributed by atoms with Crippen molar-refractivity contribution in [2.24, 2.45) is 5.73 Å². The van der Waals surface area contributed by atoms with E-state index in [0.717, 1.165) is 26.2 Å². The van der Waals surface area contributed by atoms with Crippen LogP contribution in [0, 0.1) is 0 Å². The zero-order valence-corrected chi connectivity index (χ0v) is 9.91. The Morgan fingerprint density at radius 1 is 0.812 bits per heavy atom.